The number of methoxy groups -OCH3 is 1. The molecule has 0 bridgehead atoms. The Hall–Kier alpha value is -2.91. The SMILES string of the molecule is COc1ccc(Br)cc1-c1c(C)c(-c2ccc(F)cc2)nc(N)c1C#N. The van der Waals surface area contributed by atoms with E-state index in [1.54, 1.807) is 19.2 Å². The standard InChI is InChI=1S/C20H15BrFN3O/c1-11-18(15-9-13(21)5-8-17(15)26-2)16(10-23)20(24)25-19(11)12-3-6-14(22)7-4-12/h3-9H,1-2H3,(H2,24,25). The van der Waals surface area contributed by atoms with Gasteiger partial charge in [0, 0.05) is 21.2 Å². The second-order valence-corrected chi connectivity index (χ2v) is 6.60. The Morgan fingerprint density at radius 2 is 1.88 bits per heavy atom. The van der Waals surface area contributed by atoms with E-state index in [1.165, 1.54) is 12.1 Å². The number of nitrogens with two attached hydrogens (primary N) is 1. The number of aromatic nitrogens is 1. The van der Waals surface area contributed by atoms with Gasteiger partial charge in [0.1, 0.15) is 29.0 Å². The average Bonchev–Trinajstić information content (AvgIpc) is 2.63. The smallest absolute Gasteiger partial charge is 0.142 e. The van der Waals surface area contributed by atoms with Crippen molar-refractivity contribution in [2.45, 2.75) is 6.92 Å². The highest BCUT2D eigenvalue weighted by Gasteiger charge is 2.21. The zero-order valence-electron chi connectivity index (χ0n) is 14.2. The molecule has 4 nitrogen and oxygen atoms in total. The Balaban J connectivity index is 2.37. The lowest BCUT2D eigenvalue weighted by Gasteiger charge is -2.17. The number of ether oxygens (including phenoxy) is 1. The molecule has 3 rings (SSSR count). The summed E-state index contributed by atoms with van der Waals surface area (Å²) < 4.78 is 19.6. The lowest BCUT2D eigenvalue weighted by Crippen LogP contribution is -2.04. The van der Waals surface area contributed by atoms with E-state index in [9.17, 15) is 9.65 Å². The number of nitrogen functional groups attached to an aromatic ring is 1. The summed E-state index contributed by atoms with van der Waals surface area (Å²) in [4.78, 5) is 4.39. The third-order valence-electron chi connectivity index (χ3n) is 4.13. The van der Waals surface area contributed by atoms with Gasteiger partial charge >= 0.3 is 0 Å². The highest BCUT2D eigenvalue weighted by Crippen LogP contribution is 2.41. The zero-order valence-corrected chi connectivity index (χ0v) is 15.8. The van der Waals surface area contributed by atoms with Crippen LogP contribution in [0, 0.1) is 24.1 Å². The molecule has 0 saturated carbocycles. The van der Waals surface area contributed by atoms with Crippen LogP contribution in [0.5, 0.6) is 5.75 Å². The fraction of sp³-hybridized carbons (Fsp3) is 0.100. The predicted octanol–water partition coefficient (Wildman–Crippen LogP) is 5.09. The summed E-state index contributed by atoms with van der Waals surface area (Å²) in [6.07, 6.45) is 0. The van der Waals surface area contributed by atoms with Crippen LogP contribution in [0.3, 0.4) is 0 Å². The molecule has 2 N–H and O–H groups in total. The van der Waals surface area contributed by atoms with Crippen molar-refractivity contribution in [3.8, 4) is 34.2 Å². The minimum atomic E-state index is -0.332. The first-order valence-electron chi connectivity index (χ1n) is 7.76. The molecule has 1 heterocycles. The quantitative estimate of drug-likeness (QED) is 0.651. The maximum absolute atomic E-state index is 13.3. The van der Waals surface area contributed by atoms with Crippen LogP contribution in [0.4, 0.5) is 10.2 Å². The first-order valence-corrected chi connectivity index (χ1v) is 8.55. The molecule has 0 aliphatic rings. The van der Waals surface area contributed by atoms with E-state index < -0.39 is 0 Å². The van der Waals surface area contributed by atoms with Crippen LogP contribution < -0.4 is 10.5 Å². The second kappa shape index (κ2) is 7.14. The van der Waals surface area contributed by atoms with Crippen molar-refractivity contribution in [3.05, 3.63) is 63.9 Å². The van der Waals surface area contributed by atoms with Crippen molar-refractivity contribution in [3.63, 3.8) is 0 Å². The van der Waals surface area contributed by atoms with E-state index in [4.69, 9.17) is 10.5 Å². The minimum Gasteiger partial charge on any atom is -0.496 e. The first-order chi connectivity index (χ1) is 12.5. The molecule has 0 atom stereocenters. The number of hydrogen-bond donors (Lipinski definition) is 1. The fourth-order valence-electron chi connectivity index (χ4n) is 2.91. The molecule has 0 unspecified atom stereocenters. The topological polar surface area (TPSA) is 71.9 Å². The molecular formula is C20H15BrFN3O. The van der Waals surface area contributed by atoms with Gasteiger partial charge in [-0.25, -0.2) is 9.37 Å². The second-order valence-electron chi connectivity index (χ2n) is 5.68. The van der Waals surface area contributed by atoms with Gasteiger partial charge in [0.2, 0.25) is 0 Å². The van der Waals surface area contributed by atoms with Crippen molar-refractivity contribution in [1.82, 2.24) is 4.98 Å². The van der Waals surface area contributed by atoms with Gasteiger partial charge in [0.15, 0.2) is 0 Å². The van der Waals surface area contributed by atoms with Crippen molar-refractivity contribution in [2.75, 3.05) is 12.8 Å². The summed E-state index contributed by atoms with van der Waals surface area (Å²) >= 11 is 3.46. The number of rotatable bonds is 3. The van der Waals surface area contributed by atoms with E-state index in [-0.39, 0.29) is 17.2 Å². The number of pyridine rings is 1. The monoisotopic (exact) mass is 411 g/mol. The summed E-state index contributed by atoms with van der Waals surface area (Å²) in [7, 11) is 1.57. The van der Waals surface area contributed by atoms with Gasteiger partial charge < -0.3 is 10.5 Å². The van der Waals surface area contributed by atoms with Crippen LogP contribution in [0.15, 0.2) is 46.9 Å². The summed E-state index contributed by atoms with van der Waals surface area (Å²) in [5.74, 6) is 0.403. The molecule has 1 aromatic heterocycles. The third-order valence-corrected chi connectivity index (χ3v) is 4.62. The Morgan fingerprint density at radius 1 is 1.19 bits per heavy atom. The molecule has 0 radical (unpaired) electrons. The zero-order chi connectivity index (χ0) is 18.8. The molecule has 0 spiro atoms. The van der Waals surface area contributed by atoms with Crippen molar-refractivity contribution in [2.24, 2.45) is 0 Å². The van der Waals surface area contributed by atoms with Crippen molar-refractivity contribution in [1.29, 1.82) is 5.26 Å². The van der Waals surface area contributed by atoms with Crippen LogP contribution in [0.25, 0.3) is 22.4 Å². The molecule has 6 heteroatoms. The number of halogens is 2. The normalized spacial score (nSPS) is 10.4. The van der Waals surface area contributed by atoms with Gasteiger partial charge in [-0.15, -0.1) is 0 Å². The number of anilines is 1. The lowest BCUT2D eigenvalue weighted by atomic mass is 9.92. The lowest BCUT2D eigenvalue weighted by molar-refractivity contribution is 0.416. The van der Waals surface area contributed by atoms with Gasteiger partial charge in [-0.1, -0.05) is 15.9 Å². The first kappa shape index (κ1) is 17.9. The maximum Gasteiger partial charge on any atom is 0.142 e. The molecule has 0 saturated heterocycles. The molecule has 2 aromatic carbocycles. The Bertz CT molecular complexity index is 1030. The number of benzene rings is 2. The van der Waals surface area contributed by atoms with Crippen molar-refractivity contribution >= 4 is 21.7 Å². The fourth-order valence-corrected chi connectivity index (χ4v) is 3.27. The number of hydrogen-bond acceptors (Lipinski definition) is 4. The molecule has 26 heavy (non-hydrogen) atoms. The molecule has 130 valence electrons. The molecule has 0 amide bonds. The van der Waals surface area contributed by atoms with Crippen LogP contribution in [0.1, 0.15) is 11.1 Å². The third kappa shape index (κ3) is 3.14. The number of nitriles is 1. The van der Waals surface area contributed by atoms with Gasteiger partial charge in [0.25, 0.3) is 0 Å². The molecule has 0 aliphatic heterocycles. The highest BCUT2D eigenvalue weighted by molar-refractivity contribution is 9.10. The van der Waals surface area contributed by atoms with Crippen LogP contribution in [0.2, 0.25) is 0 Å². The Kier molecular flexibility index (Phi) is 4.92. The van der Waals surface area contributed by atoms with Gasteiger partial charge in [-0.05, 0) is 55.0 Å². The molecule has 0 aliphatic carbocycles. The largest absolute Gasteiger partial charge is 0.496 e. The van der Waals surface area contributed by atoms with E-state index in [1.807, 2.05) is 25.1 Å². The van der Waals surface area contributed by atoms with Crippen molar-refractivity contribution < 1.29 is 9.13 Å². The van der Waals surface area contributed by atoms with E-state index in [2.05, 4.69) is 27.0 Å². The average molecular weight is 412 g/mol. The maximum atomic E-state index is 13.3. The summed E-state index contributed by atoms with van der Waals surface area (Å²) in [5.41, 5.74) is 9.81. The van der Waals surface area contributed by atoms with Gasteiger partial charge in [-0.3, -0.25) is 0 Å². The Labute approximate surface area is 159 Å². The Morgan fingerprint density at radius 3 is 2.50 bits per heavy atom. The van der Waals surface area contributed by atoms with Crippen LogP contribution in [-0.4, -0.2) is 12.1 Å². The highest BCUT2D eigenvalue weighted by atomic mass is 79.9. The van der Waals surface area contributed by atoms with Crippen LogP contribution >= 0.6 is 15.9 Å². The number of nitrogens with zero attached hydrogens (tertiary/aromatic N) is 2. The predicted molar refractivity (Wildman–Crippen MR) is 103 cm³/mol. The summed E-state index contributed by atoms with van der Waals surface area (Å²) in [6, 6.07) is 13.7. The van der Waals surface area contributed by atoms with E-state index in [0.717, 1.165) is 21.2 Å². The summed E-state index contributed by atoms with van der Waals surface area (Å²) in [5, 5.41) is 9.64. The van der Waals surface area contributed by atoms with Crippen LogP contribution in [-0.2, 0) is 0 Å². The summed E-state index contributed by atoms with van der Waals surface area (Å²) in [6.45, 7) is 1.86. The van der Waals surface area contributed by atoms with E-state index in [0.29, 0.717) is 17.0 Å². The van der Waals surface area contributed by atoms with E-state index >= 15 is 0 Å². The van der Waals surface area contributed by atoms with Gasteiger partial charge in [0.05, 0.1) is 12.8 Å². The molecule has 3 aromatic rings. The van der Waals surface area contributed by atoms with Gasteiger partial charge in [-0.2, -0.15) is 5.26 Å². The minimum absolute atomic E-state index is 0.120. The molecular weight excluding hydrogens is 397 g/mol. The molecule has 0 fully saturated rings.